The van der Waals surface area contributed by atoms with Crippen molar-refractivity contribution in [2.24, 2.45) is 0 Å². The summed E-state index contributed by atoms with van der Waals surface area (Å²) in [5, 5.41) is 1.57. The van der Waals surface area contributed by atoms with E-state index in [-0.39, 0.29) is 0 Å². The van der Waals surface area contributed by atoms with Gasteiger partial charge in [-0.05, 0) is 23.8 Å². The molecule has 0 bridgehead atoms. The second kappa shape index (κ2) is 8.70. The van der Waals surface area contributed by atoms with Crippen molar-refractivity contribution in [1.82, 2.24) is 5.32 Å². The van der Waals surface area contributed by atoms with Crippen LogP contribution in [0.4, 0.5) is 13.2 Å². The third-order valence-corrected chi connectivity index (χ3v) is 2.58. The van der Waals surface area contributed by atoms with Crippen LogP contribution in [-0.2, 0) is 19.1 Å². The lowest BCUT2D eigenvalue weighted by atomic mass is 10.1. The van der Waals surface area contributed by atoms with Crippen LogP contribution in [-0.4, -0.2) is 44.3 Å². The van der Waals surface area contributed by atoms with Crippen LogP contribution in [0.25, 0.3) is 6.08 Å². The number of amides is 1. The van der Waals surface area contributed by atoms with E-state index < -0.39 is 37.2 Å². The van der Waals surface area contributed by atoms with E-state index in [1.807, 2.05) is 0 Å². The van der Waals surface area contributed by atoms with E-state index in [1.54, 1.807) is 17.4 Å². The molecule has 1 amide bonds. The van der Waals surface area contributed by atoms with Gasteiger partial charge in [0.1, 0.15) is 6.54 Å². The molecular formula is C15H14F3NO5. The maximum atomic E-state index is 11.9. The van der Waals surface area contributed by atoms with E-state index in [4.69, 9.17) is 0 Å². The number of alkyl halides is 3. The Labute approximate surface area is 135 Å². The van der Waals surface area contributed by atoms with E-state index in [0.717, 1.165) is 6.08 Å². The molecule has 0 radical (unpaired) electrons. The van der Waals surface area contributed by atoms with Crippen LogP contribution in [0.3, 0.4) is 0 Å². The molecule has 0 spiro atoms. The number of rotatable bonds is 6. The smallest absolute Gasteiger partial charge is 0.405 e. The molecule has 0 unspecified atom stereocenters. The number of carbonyl (C=O) groups is 3. The lowest BCUT2D eigenvalue weighted by molar-refractivity contribution is -0.148. The molecule has 6 nitrogen and oxygen atoms in total. The SMILES string of the molecule is COC(=O)c1ccc(/C=C/C(=O)OCC(=O)NCC(F)(F)F)cc1. The Balaban J connectivity index is 2.43. The van der Waals surface area contributed by atoms with Gasteiger partial charge in [-0.3, -0.25) is 4.79 Å². The van der Waals surface area contributed by atoms with Gasteiger partial charge in [0.25, 0.3) is 5.91 Å². The van der Waals surface area contributed by atoms with Gasteiger partial charge >= 0.3 is 18.1 Å². The third-order valence-electron chi connectivity index (χ3n) is 2.58. The Morgan fingerprint density at radius 1 is 1.17 bits per heavy atom. The van der Waals surface area contributed by atoms with Gasteiger partial charge in [0, 0.05) is 6.08 Å². The number of nitrogens with one attached hydrogen (secondary N) is 1. The second-order valence-electron chi connectivity index (χ2n) is 4.45. The minimum atomic E-state index is -4.53. The molecule has 0 saturated carbocycles. The van der Waals surface area contributed by atoms with Gasteiger partial charge in [0.05, 0.1) is 12.7 Å². The molecule has 0 aromatic heterocycles. The minimum absolute atomic E-state index is 0.332. The topological polar surface area (TPSA) is 81.7 Å². The van der Waals surface area contributed by atoms with Crippen LogP contribution >= 0.6 is 0 Å². The lowest BCUT2D eigenvalue weighted by Crippen LogP contribution is -2.36. The molecule has 1 aromatic carbocycles. The zero-order chi connectivity index (χ0) is 18.2. The first-order chi connectivity index (χ1) is 11.2. The molecule has 0 fully saturated rings. The van der Waals surface area contributed by atoms with Gasteiger partial charge in [-0.1, -0.05) is 12.1 Å². The van der Waals surface area contributed by atoms with Crippen LogP contribution in [0.1, 0.15) is 15.9 Å². The maximum Gasteiger partial charge on any atom is 0.405 e. The van der Waals surface area contributed by atoms with E-state index >= 15 is 0 Å². The largest absolute Gasteiger partial charge is 0.465 e. The van der Waals surface area contributed by atoms with Crippen molar-refractivity contribution in [2.75, 3.05) is 20.3 Å². The Kier molecular flexibility index (Phi) is 6.97. The minimum Gasteiger partial charge on any atom is -0.465 e. The number of halogens is 3. The number of methoxy groups -OCH3 is 1. The standard InChI is InChI=1S/C15H14F3NO5/c1-23-14(22)11-5-2-10(3-6-11)4-7-13(21)24-8-12(20)19-9-15(16,17)18/h2-7H,8-9H2,1H3,(H,19,20)/b7-4+. The predicted octanol–water partition coefficient (Wildman–Crippen LogP) is 1.71. The first-order valence-electron chi connectivity index (χ1n) is 6.58. The van der Waals surface area contributed by atoms with Crippen molar-refractivity contribution in [1.29, 1.82) is 0 Å². The average molecular weight is 345 g/mol. The van der Waals surface area contributed by atoms with Crippen molar-refractivity contribution in [3.63, 3.8) is 0 Å². The van der Waals surface area contributed by atoms with Crippen LogP contribution in [0.5, 0.6) is 0 Å². The molecule has 0 atom stereocenters. The van der Waals surface area contributed by atoms with E-state index in [1.165, 1.54) is 25.3 Å². The fraction of sp³-hybridized carbons (Fsp3) is 0.267. The van der Waals surface area contributed by atoms with Crippen molar-refractivity contribution >= 4 is 23.9 Å². The first kappa shape index (κ1) is 19.2. The average Bonchev–Trinajstić information content (AvgIpc) is 2.55. The Hall–Kier alpha value is -2.84. The number of ether oxygens (including phenoxy) is 2. The molecule has 9 heteroatoms. The quantitative estimate of drug-likeness (QED) is 0.627. The summed E-state index contributed by atoms with van der Waals surface area (Å²) in [6.45, 7) is -2.31. The highest BCUT2D eigenvalue weighted by atomic mass is 19.4. The number of carbonyl (C=O) groups excluding carboxylic acids is 3. The maximum absolute atomic E-state index is 11.9. The Morgan fingerprint density at radius 3 is 2.33 bits per heavy atom. The Bertz CT molecular complexity index is 623. The van der Waals surface area contributed by atoms with Crippen molar-refractivity contribution in [2.45, 2.75) is 6.18 Å². The summed E-state index contributed by atoms with van der Waals surface area (Å²) >= 11 is 0. The molecule has 130 valence electrons. The van der Waals surface area contributed by atoms with Gasteiger partial charge in [0.15, 0.2) is 6.61 Å². The zero-order valence-corrected chi connectivity index (χ0v) is 12.6. The highest BCUT2D eigenvalue weighted by molar-refractivity contribution is 5.91. The Morgan fingerprint density at radius 2 is 1.79 bits per heavy atom. The third kappa shape index (κ3) is 7.43. The highest BCUT2D eigenvalue weighted by Crippen LogP contribution is 2.12. The molecule has 1 aromatic rings. The van der Waals surface area contributed by atoms with Crippen LogP contribution in [0, 0.1) is 0 Å². The molecule has 0 aliphatic heterocycles. The molecule has 0 saturated heterocycles. The molecule has 0 aliphatic carbocycles. The van der Waals surface area contributed by atoms with E-state index in [9.17, 15) is 27.6 Å². The number of esters is 2. The normalized spacial score (nSPS) is 11.2. The number of hydrogen-bond donors (Lipinski definition) is 1. The predicted molar refractivity (Wildman–Crippen MR) is 76.8 cm³/mol. The summed E-state index contributed by atoms with van der Waals surface area (Å²) in [6.07, 6.45) is -2.17. The van der Waals surface area contributed by atoms with Crippen molar-refractivity contribution < 1.29 is 37.0 Å². The molecule has 24 heavy (non-hydrogen) atoms. The van der Waals surface area contributed by atoms with Crippen LogP contribution in [0.2, 0.25) is 0 Å². The summed E-state index contributed by atoms with van der Waals surface area (Å²) in [5.74, 6) is -2.46. The molecule has 1 rings (SSSR count). The molecule has 1 N–H and O–H groups in total. The van der Waals surface area contributed by atoms with Crippen LogP contribution in [0.15, 0.2) is 30.3 Å². The van der Waals surface area contributed by atoms with Gasteiger partial charge < -0.3 is 14.8 Å². The number of benzene rings is 1. The van der Waals surface area contributed by atoms with Gasteiger partial charge in [-0.25, -0.2) is 9.59 Å². The zero-order valence-electron chi connectivity index (χ0n) is 12.6. The van der Waals surface area contributed by atoms with Gasteiger partial charge in [0.2, 0.25) is 0 Å². The van der Waals surface area contributed by atoms with Crippen molar-refractivity contribution in [3.05, 3.63) is 41.5 Å². The molecule has 0 aliphatic rings. The molecule has 0 heterocycles. The van der Waals surface area contributed by atoms with Gasteiger partial charge in [-0.15, -0.1) is 0 Å². The summed E-state index contributed by atoms with van der Waals surface area (Å²) in [7, 11) is 1.25. The van der Waals surface area contributed by atoms with E-state index in [2.05, 4.69) is 9.47 Å². The molecular weight excluding hydrogens is 331 g/mol. The lowest BCUT2D eigenvalue weighted by Gasteiger charge is -2.07. The first-order valence-corrected chi connectivity index (χ1v) is 6.58. The van der Waals surface area contributed by atoms with Crippen molar-refractivity contribution in [3.8, 4) is 0 Å². The monoisotopic (exact) mass is 345 g/mol. The summed E-state index contributed by atoms with van der Waals surface area (Å²) in [5.41, 5.74) is 0.902. The summed E-state index contributed by atoms with van der Waals surface area (Å²) < 4.78 is 44.6. The fourth-order valence-corrected chi connectivity index (χ4v) is 1.45. The second-order valence-corrected chi connectivity index (χ2v) is 4.45. The summed E-state index contributed by atoms with van der Waals surface area (Å²) in [4.78, 5) is 33.6. The van der Waals surface area contributed by atoms with Crippen LogP contribution < -0.4 is 5.32 Å². The number of hydrogen-bond acceptors (Lipinski definition) is 5. The highest BCUT2D eigenvalue weighted by Gasteiger charge is 2.27. The summed E-state index contributed by atoms with van der Waals surface area (Å²) in [6, 6.07) is 6.07. The fourth-order valence-electron chi connectivity index (χ4n) is 1.45. The van der Waals surface area contributed by atoms with Gasteiger partial charge in [-0.2, -0.15) is 13.2 Å². The van der Waals surface area contributed by atoms with E-state index in [0.29, 0.717) is 11.1 Å².